The van der Waals surface area contributed by atoms with Crippen molar-refractivity contribution in [3.05, 3.63) is 29.8 Å². The highest BCUT2D eigenvalue weighted by Crippen LogP contribution is 2.43. The monoisotopic (exact) mass is 457 g/mol. The molecule has 0 saturated carbocycles. The summed E-state index contributed by atoms with van der Waals surface area (Å²) in [5, 5.41) is 2.80. The number of imide groups is 1. The van der Waals surface area contributed by atoms with Crippen molar-refractivity contribution in [2.24, 2.45) is 17.6 Å². The van der Waals surface area contributed by atoms with Gasteiger partial charge in [-0.25, -0.2) is 0 Å². The molecule has 176 valence electrons. The Bertz CT molecular complexity index is 778. The second kappa shape index (κ2) is 11.7. The normalized spacial score (nSPS) is 14.9. The number of benzene rings is 1. The fourth-order valence-corrected chi connectivity index (χ4v) is 4.44. The third kappa shape index (κ3) is 8.35. The minimum atomic E-state index is -4.50. The highest BCUT2D eigenvalue weighted by molar-refractivity contribution is 7.52. The molecule has 0 bridgehead atoms. The van der Waals surface area contributed by atoms with Crippen LogP contribution in [-0.4, -0.2) is 58.5 Å². The van der Waals surface area contributed by atoms with Gasteiger partial charge in [-0.05, 0) is 42.4 Å². The van der Waals surface area contributed by atoms with Crippen LogP contribution < -0.4 is 15.8 Å². The number of ether oxygens (including phenoxy) is 1. The van der Waals surface area contributed by atoms with Gasteiger partial charge in [-0.3, -0.25) is 24.4 Å². The van der Waals surface area contributed by atoms with E-state index in [0.29, 0.717) is 12.2 Å². The van der Waals surface area contributed by atoms with Gasteiger partial charge >= 0.3 is 7.60 Å². The zero-order valence-electron chi connectivity index (χ0n) is 19.1. The predicted octanol–water partition coefficient (Wildman–Crippen LogP) is 1.71. The van der Waals surface area contributed by atoms with Crippen molar-refractivity contribution in [2.45, 2.75) is 58.4 Å². The molecule has 0 aliphatic heterocycles. The molecular formula is C21H36N3O6P. The van der Waals surface area contributed by atoms with E-state index < -0.39 is 43.2 Å². The first-order valence-electron chi connectivity index (χ1n) is 10.3. The summed E-state index contributed by atoms with van der Waals surface area (Å²) in [5.41, 5.74) is 6.88. The average molecular weight is 458 g/mol. The van der Waals surface area contributed by atoms with Crippen molar-refractivity contribution < 1.29 is 28.7 Å². The Kier molecular flexibility index (Phi) is 10.3. The topological polar surface area (TPSA) is 142 Å². The summed E-state index contributed by atoms with van der Waals surface area (Å²) >= 11 is 0. The van der Waals surface area contributed by atoms with Crippen LogP contribution in [0.25, 0.3) is 0 Å². The predicted molar refractivity (Wildman–Crippen MR) is 119 cm³/mol. The third-order valence-corrected chi connectivity index (χ3v) is 6.43. The second-order valence-electron chi connectivity index (χ2n) is 8.52. The van der Waals surface area contributed by atoms with Crippen molar-refractivity contribution >= 4 is 19.4 Å². The van der Waals surface area contributed by atoms with Crippen LogP contribution in [0, 0.1) is 11.8 Å². The van der Waals surface area contributed by atoms with E-state index in [-0.39, 0.29) is 12.3 Å². The second-order valence-corrected chi connectivity index (χ2v) is 10.3. The molecule has 0 aliphatic rings. The van der Waals surface area contributed by atoms with Crippen LogP contribution in [0.15, 0.2) is 24.3 Å². The molecule has 1 aromatic rings. The molecule has 2 amide bonds. The lowest BCUT2D eigenvalue weighted by atomic mass is 10.0. The number of amides is 2. The van der Waals surface area contributed by atoms with Gasteiger partial charge in [0.15, 0.2) is 0 Å². The van der Waals surface area contributed by atoms with E-state index in [1.165, 1.54) is 7.05 Å². The molecule has 0 aromatic heterocycles. The minimum absolute atomic E-state index is 0.0579. The van der Waals surface area contributed by atoms with Gasteiger partial charge in [0.25, 0.3) is 0 Å². The number of nitrogens with two attached hydrogens (primary N) is 1. The van der Waals surface area contributed by atoms with Crippen LogP contribution in [0.3, 0.4) is 0 Å². The zero-order chi connectivity index (χ0) is 23.9. The van der Waals surface area contributed by atoms with E-state index in [4.69, 9.17) is 10.5 Å². The molecule has 0 fully saturated rings. The van der Waals surface area contributed by atoms with Crippen LogP contribution in [-0.2, 0) is 20.6 Å². The van der Waals surface area contributed by atoms with Crippen LogP contribution in [0.5, 0.6) is 5.75 Å². The Morgan fingerprint density at radius 1 is 1.13 bits per heavy atom. The number of carbonyl (C=O) groups excluding carboxylic acids is 2. The number of nitrogens with zero attached hydrogens (tertiary/aromatic N) is 1. The molecule has 1 aromatic carbocycles. The Morgan fingerprint density at radius 2 is 1.68 bits per heavy atom. The van der Waals surface area contributed by atoms with Crippen molar-refractivity contribution in [2.75, 3.05) is 14.2 Å². The molecule has 0 heterocycles. The number of likely N-dealkylation sites (N-methyl/N-ethyl adjacent to an activating group) is 1. The Balaban J connectivity index is 2.96. The molecule has 0 saturated heterocycles. The van der Waals surface area contributed by atoms with Gasteiger partial charge in [-0.2, -0.15) is 0 Å². The van der Waals surface area contributed by atoms with E-state index >= 15 is 0 Å². The fourth-order valence-electron chi connectivity index (χ4n) is 3.29. The van der Waals surface area contributed by atoms with Crippen LogP contribution in [0.2, 0.25) is 0 Å². The lowest BCUT2D eigenvalue weighted by Crippen LogP contribution is -2.54. The van der Waals surface area contributed by atoms with Crippen molar-refractivity contribution in [1.29, 1.82) is 0 Å². The smallest absolute Gasteiger partial charge is 0.342 e. The summed E-state index contributed by atoms with van der Waals surface area (Å²) in [5.74, 6) is -2.00. The Morgan fingerprint density at radius 3 is 2.10 bits per heavy atom. The Labute approximate surface area is 184 Å². The Hall–Kier alpha value is -1.77. The molecule has 0 radical (unpaired) electrons. The summed E-state index contributed by atoms with van der Waals surface area (Å²) in [7, 11) is -1.60. The van der Waals surface area contributed by atoms with Crippen molar-refractivity contribution in [3.8, 4) is 5.75 Å². The van der Waals surface area contributed by atoms with E-state index in [9.17, 15) is 23.9 Å². The largest absolute Gasteiger partial charge is 0.497 e. The van der Waals surface area contributed by atoms with Gasteiger partial charge < -0.3 is 20.3 Å². The minimum Gasteiger partial charge on any atom is -0.497 e. The summed E-state index contributed by atoms with van der Waals surface area (Å²) < 4.78 is 17.0. The molecule has 9 nitrogen and oxygen atoms in total. The van der Waals surface area contributed by atoms with Gasteiger partial charge in [0.05, 0.1) is 19.2 Å². The lowest BCUT2D eigenvalue weighted by Gasteiger charge is -2.31. The number of hydrogen-bond donors (Lipinski definition) is 4. The first-order chi connectivity index (χ1) is 14.3. The van der Waals surface area contributed by atoms with Crippen LogP contribution >= 0.6 is 7.60 Å². The average Bonchev–Trinajstić information content (AvgIpc) is 2.68. The maximum atomic E-state index is 13.1. The lowest BCUT2D eigenvalue weighted by molar-refractivity contribution is -0.145. The summed E-state index contributed by atoms with van der Waals surface area (Å²) in [6, 6.07) is 5.25. The first-order valence-corrected chi connectivity index (χ1v) is 12.0. The third-order valence-electron chi connectivity index (χ3n) is 4.96. The molecule has 1 unspecified atom stereocenters. The number of carbonyl (C=O) groups is 2. The van der Waals surface area contributed by atoms with Crippen LogP contribution in [0.4, 0.5) is 0 Å². The molecule has 31 heavy (non-hydrogen) atoms. The summed E-state index contributed by atoms with van der Waals surface area (Å²) in [4.78, 5) is 46.2. The summed E-state index contributed by atoms with van der Waals surface area (Å²) in [6.45, 7) is 7.10. The van der Waals surface area contributed by atoms with E-state index in [1.54, 1.807) is 45.2 Å². The van der Waals surface area contributed by atoms with Gasteiger partial charge in [0, 0.05) is 7.05 Å². The molecule has 0 spiro atoms. The van der Waals surface area contributed by atoms with Crippen LogP contribution in [0.1, 0.15) is 39.7 Å². The molecule has 1 rings (SSSR count). The SMILES string of the molecule is COc1ccc(C[C@H](N)C(=O)N(C)C(=O)[C@H](CC(C)C)NC(C(C)C)P(=O)(O)O)cc1. The fraction of sp³-hybridized carbons (Fsp3) is 0.619. The quantitative estimate of drug-likeness (QED) is 0.368. The number of hydrogen-bond acceptors (Lipinski definition) is 6. The standard InChI is InChI=1S/C21H36N3O6P/c1-13(2)11-18(23-19(14(3)4)31(27,28)29)21(26)24(5)20(25)17(22)12-15-7-9-16(30-6)10-8-15/h7-10,13-14,17-19,23H,11-12,22H2,1-6H3,(H2,27,28,29)/t17-,18-,19?/m0/s1. The van der Waals surface area contributed by atoms with E-state index in [0.717, 1.165) is 10.5 Å². The van der Waals surface area contributed by atoms with Gasteiger partial charge in [-0.15, -0.1) is 0 Å². The molecular weight excluding hydrogens is 421 g/mol. The molecule has 5 N–H and O–H groups in total. The molecule has 3 atom stereocenters. The molecule has 10 heteroatoms. The number of methoxy groups -OCH3 is 1. The van der Waals surface area contributed by atoms with E-state index in [1.807, 2.05) is 13.8 Å². The van der Waals surface area contributed by atoms with E-state index in [2.05, 4.69) is 5.32 Å². The maximum Gasteiger partial charge on any atom is 0.342 e. The highest BCUT2D eigenvalue weighted by atomic mass is 31.2. The highest BCUT2D eigenvalue weighted by Gasteiger charge is 2.37. The summed E-state index contributed by atoms with van der Waals surface area (Å²) in [6.07, 6.45) is 0.549. The first kappa shape index (κ1) is 27.3. The van der Waals surface area contributed by atoms with Crippen molar-refractivity contribution in [3.63, 3.8) is 0 Å². The maximum absolute atomic E-state index is 13.1. The van der Waals surface area contributed by atoms with Gasteiger partial charge in [0.1, 0.15) is 11.5 Å². The number of nitrogens with one attached hydrogen (secondary N) is 1. The molecule has 0 aliphatic carbocycles. The number of rotatable bonds is 11. The van der Waals surface area contributed by atoms with Gasteiger partial charge in [0.2, 0.25) is 11.8 Å². The zero-order valence-corrected chi connectivity index (χ0v) is 20.0. The van der Waals surface area contributed by atoms with Gasteiger partial charge in [-0.1, -0.05) is 39.8 Å². The van der Waals surface area contributed by atoms with Crippen molar-refractivity contribution in [1.82, 2.24) is 10.2 Å².